The first-order chi connectivity index (χ1) is 8.09. The summed E-state index contributed by atoms with van der Waals surface area (Å²) in [5, 5.41) is 0. The lowest BCUT2D eigenvalue weighted by atomic mass is 9.79. The van der Waals surface area contributed by atoms with E-state index in [1.807, 2.05) is 53.8 Å². The molecule has 17 heavy (non-hydrogen) atoms. The lowest BCUT2D eigenvalue weighted by Crippen LogP contribution is -2.45. The van der Waals surface area contributed by atoms with E-state index in [9.17, 15) is 9.18 Å². The van der Waals surface area contributed by atoms with Gasteiger partial charge in [0.1, 0.15) is 9.59 Å². The number of Topliss-reactive ketones (excluding diaryl/α,β-unsaturated/α-hetero) is 1. The molecule has 0 saturated carbocycles. The third-order valence-electron chi connectivity index (χ3n) is 3.44. The van der Waals surface area contributed by atoms with Crippen LogP contribution in [0, 0.1) is 0 Å². The predicted molar refractivity (Wildman–Crippen MR) is 75.6 cm³/mol. The summed E-state index contributed by atoms with van der Waals surface area (Å²) in [5.74, 6) is -0.0269. The van der Waals surface area contributed by atoms with Crippen molar-refractivity contribution in [2.24, 2.45) is 0 Å². The highest BCUT2D eigenvalue weighted by Crippen LogP contribution is 2.41. The summed E-state index contributed by atoms with van der Waals surface area (Å²) in [4.78, 5) is 12.4. The number of aryl methyl sites for hydroxylation is 1. The van der Waals surface area contributed by atoms with Gasteiger partial charge in [0.25, 0.3) is 0 Å². The van der Waals surface area contributed by atoms with Gasteiger partial charge in [-0.15, -0.1) is 0 Å². The van der Waals surface area contributed by atoms with Crippen LogP contribution in [0.3, 0.4) is 0 Å². The molecule has 1 aliphatic rings. The summed E-state index contributed by atoms with van der Waals surface area (Å²) in [5.41, 5.74) is 1.78. The second-order valence-electron chi connectivity index (χ2n) is 4.60. The van der Waals surface area contributed by atoms with E-state index < -0.39 is 9.59 Å². The third-order valence-corrected chi connectivity index (χ3v) is 5.14. The Balaban J connectivity index is 2.33. The van der Waals surface area contributed by atoms with Crippen molar-refractivity contribution in [2.75, 3.05) is 0 Å². The van der Waals surface area contributed by atoms with Gasteiger partial charge in [0.05, 0.1) is 0 Å². The van der Waals surface area contributed by atoms with E-state index in [1.165, 1.54) is 0 Å². The SMILES string of the molecule is CCCC(F)C1(I)CCc2ccccc2C1=O. The number of rotatable bonds is 3. The number of benzene rings is 1. The van der Waals surface area contributed by atoms with Crippen LogP contribution >= 0.6 is 22.6 Å². The molecular weight excluding hydrogens is 330 g/mol. The number of hydrogen-bond acceptors (Lipinski definition) is 1. The highest BCUT2D eigenvalue weighted by molar-refractivity contribution is 14.1. The molecule has 1 nitrogen and oxygen atoms in total. The lowest BCUT2D eigenvalue weighted by molar-refractivity contribution is 0.0868. The molecule has 0 bridgehead atoms. The van der Waals surface area contributed by atoms with E-state index in [0.717, 1.165) is 18.4 Å². The molecule has 2 rings (SSSR count). The van der Waals surface area contributed by atoms with Crippen molar-refractivity contribution >= 4 is 28.4 Å². The first kappa shape index (κ1) is 13.0. The Hall–Kier alpha value is -0.450. The van der Waals surface area contributed by atoms with Crippen molar-refractivity contribution in [3.05, 3.63) is 35.4 Å². The monoisotopic (exact) mass is 346 g/mol. The van der Waals surface area contributed by atoms with E-state index in [1.54, 1.807) is 0 Å². The molecule has 0 aliphatic heterocycles. The molecule has 0 spiro atoms. The zero-order valence-electron chi connectivity index (χ0n) is 9.88. The Morgan fingerprint density at radius 1 is 1.47 bits per heavy atom. The van der Waals surface area contributed by atoms with Gasteiger partial charge in [-0.2, -0.15) is 0 Å². The molecular formula is C14H16FIO. The molecule has 3 heteroatoms. The molecule has 2 atom stereocenters. The molecule has 0 saturated heterocycles. The van der Waals surface area contributed by atoms with Gasteiger partial charge in [-0.25, -0.2) is 4.39 Å². The fraction of sp³-hybridized carbons (Fsp3) is 0.500. The molecule has 0 radical (unpaired) electrons. The van der Waals surface area contributed by atoms with Crippen molar-refractivity contribution in [1.82, 2.24) is 0 Å². The first-order valence-corrected chi connectivity index (χ1v) is 7.13. The molecule has 1 aromatic carbocycles. The molecule has 0 N–H and O–H groups in total. The number of fused-ring (bicyclic) bond motifs is 1. The average molecular weight is 346 g/mol. The predicted octanol–water partition coefficient (Wildman–Crippen LogP) is 4.13. The smallest absolute Gasteiger partial charge is 0.181 e. The molecule has 0 amide bonds. The van der Waals surface area contributed by atoms with Crippen molar-refractivity contribution in [2.45, 2.75) is 42.2 Å². The fourth-order valence-corrected chi connectivity index (χ4v) is 3.27. The van der Waals surface area contributed by atoms with Crippen LogP contribution in [0.4, 0.5) is 4.39 Å². The van der Waals surface area contributed by atoms with E-state index in [0.29, 0.717) is 18.4 Å². The number of carbonyl (C=O) groups is 1. The van der Waals surface area contributed by atoms with E-state index in [4.69, 9.17) is 0 Å². The number of hydrogen-bond donors (Lipinski definition) is 0. The van der Waals surface area contributed by atoms with Gasteiger partial charge in [0.15, 0.2) is 5.78 Å². The van der Waals surface area contributed by atoms with Gasteiger partial charge in [-0.3, -0.25) is 4.79 Å². The van der Waals surface area contributed by atoms with Crippen LogP contribution in [0.1, 0.15) is 42.1 Å². The number of halogens is 2. The highest BCUT2D eigenvalue weighted by atomic mass is 127. The zero-order valence-corrected chi connectivity index (χ0v) is 12.0. The number of carbonyl (C=O) groups excluding carboxylic acids is 1. The maximum absolute atomic E-state index is 14.2. The van der Waals surface area contributed by atoms with Crippen LogP contribution in [-0.2, 0) is 6.42 Å². The van der Waals surface area contributed by atoms with Crippen LogP contribution in [0.5, 0.6) is 0 Å². The van der Waals surface area contributed by atoms with Gasteiger partial charge in [0, 0.05) is 5.56 Å². The van der Waals surface area contributed by atoms with Crippen LogP contribution in [0.25, 0.3) is 0 Å². The van der Waals surface area contributed by atoms with E-state index >= 15 is 0 Å². The second kappa shape index (κ2) is 5.04. The van der Waals surface area contributed by atoms with Gasteiger partial charge in [0.2, 0.25) is 0 Å². The average Bonchev–Trinajstić information content (AvgIpc) is 2.35. The Morgan fingerprint density at radius 2 is 2.18 bits per heavy atom. The summed E-state index contributed by atoms with van der Waals surface area (Å²) in [7, 11) is 0. The van der Waals surface area contributed by atoms with Crippen LogP contribution < -0.4 is 0 Å². The summed E-state index contributed by atoms with van der Waals surface area (Å²) in [6.07, 6.45) is 1.63. The van der Waals surface area contributed by atoms with Crippen LogP contribution in [-0.4, -0.2) is 15.4 Å². The fourth-order valence-electron chi connectivity index (χ4n) is 2.39. The van der Waals surface area contributed by atoms with Crippen molar-refractivity contribution < 1.29 is 9.18 Å². The Kier molecular flexibility index (Phi) is 3.85. The molecule has 2 unspecified atom stereocenters. The van der Waals surface area contributed by atoms with Gasteiger partial charge < -0.3 is 0 Å². The minimum Gasteiger partial charge on any atom is -0.293 e. The maximum Gasteiger partial charge on any atom is 0.181 e. The maximum atomic E-state index is 14.2. The summed E-state index contributed by atoms with van der Waals surface area (Å²) >= 11 is 2.04. The normalized spacial score (nSPS) is 25.5. The minimum atomic E-state index is -1.03. The topological polar surface area (TPSA) is 17.1 Å². The van der Waals surface area contributed by atoms with Crippen molar-refractivity contribution in [1.29, 1.82) is 0 Å². The van der Waals surface area contributed by atoms with E-state index in [2.05, 4.69) is 0 Å². The molecule has 1 aromatic rings. The molecule has 92 valence electrons. The molecule has 0 aromatic heterocycles. The zero-order chi connectivity index (χ0) is 12.5. The molecule has 0 heterocycles. The minimum absolute atomic E-state index is 0.0269. The Bertz CT molecular complexity index is 432. The summed E-state index contributed by atoms with van der Waals surface area (Å²) in [6.45, 7) is 1.95. The van der Waals surface area contributed by atoms with Crippen molar-refractivity contribution in [3.8, 4) is 0 Å². The summed E-state index contributed by atoms with van der Waals surface area (Å²) < 4.78 is 13.3. The standard InChI is InChI=1S/C14H16FIO/c1-2-5-12(15)14(16)9-8-10-6-3-4-7-11(10)13(14)17/h3-4,6-7,12H,2,5,8-9H2,1H3. The largest absolute Gasteiger partial charge is 0.293 e. The first-order valence-electron chi connectivity index (χ1n) is 6.05. The lowest BCUT2D eigenvalue weighted by Gasteiger charge is -2.34. The Labute approximate surface area is 115 Å². The number of alkyl halides is 2. The van der Waals surface area contributed by atoms with Crippen molar-refractivity contribution in [3.63, 3.8) is 0 Å². The van der Waals surface area contributed by atoms with Gasteiger partial charge in [-0.05, 0) is 24.8 Å². The summed E-state index contributed by atoms with van der Waals surface area (Å²) in [6, 6.07) is 7.58. The highest BCUT2D eigenvalue weighted by Gasteiger charge is 2.46. The van der Waals surface area contributed by atoms with Gasteiger partial charge >= 0.3 is 0 Å². The second-order valence-corrected chi connectivity index (χ2v) is 6.53. The van der Waals surface area contributed by atoms with Crippen LogP contribution in [0.15, 0.2) is 24.3 Å². The molecule has 0 fully saturated rings. The third kappa shape index (κ3) is 2.26. The van der Waals surface area contributed by atoms with E-state index in [-0.39, 0.29) is 5.78 Å². The Morgan fingerprint density at radius 3 is 2.88 bits per heavy atom. The number of ketones is 1. The molecule has 1 aliphatic carbocycles. The van der Waals surface area contributed by atoms with Gasteiger partial charge in [-0.1, -0.05) is 60.2 Å². The van der Waals surface area contributed by atoms with Crippen LogP contribution in [0.2, 0.25) is 0 Å². The quantitative estimate of drug-likeness (QED) is 0.594.